The lowest BCUT2D eigenvalue weighted by molar-refractivity contribution is 0.0989. The smallest absolute Gasteiger partial charge is 0.169 e. The molecule has 0 unspecified atom stereocenters. The van der Waals surface area contributed by atoms with E-state index in [0.717, 1.165) is 33.3 Å². The summed E-state index contributed by atoms with van der Waals surface area (Å²) in [4.78, 5) is 12.5. The molecular formula is C15H16Br2N2O. The first-order valence-electron chi connectivity index (χ1n) is 6.59. The number of carbonyl (C=O) groups is 1. The van der Waals surface area contributed by atoms with Gasteiger partial charge in [0.1, 0.15) is 0 Å². The van der Waals surface area contributed by atoms with Crippen molar-refractivity contribution in [1.29, 1.82) is 0 Å². The highest BCUT2D eigenvalue weighted by atomic mass is 79.9. The van der Waals surface area contributed by atoms with Crippen molar-refractivity contribution >= 4 is 37.6 Å². The Morgan fingerprint density at radius 2 is 2.00 bits per heavy atom. The number of aromatic nitrogens is 2. The molecule has 1 heterocycles. The summed E-state index contributed by atoms with van der Waals surface area (Å²) in [6.45, 7) is 4.89. The van der Waals surface area contributed by atoms with E-state index in [1.807, 2.05) is 35.9 Å². The normalized spacial score (nSPS) is 10.8. The van der Waals surface area contributed by atoms with Crippen LogP contribution in [-0.4, -0.2) is 15.6 Å². The van der Waals surface area contributed by atoms with Crippen LogP contribution in [0.1, 0.15) is 35.6 Å². The first-order chi connectivity index (χ1) is 9.55. The maximum atomic E-state index is 12.5. The van der Waals surface area contributed by atoms with Crippen LogP contribution >= 0.6 is 31.9 Å². The van der Waals surface area contributed by atoms with Crippen LogP contribution in [0.15, 0.2) is 33.2 Å². The largest absolute Gasteiger partial charge is 0.294 e. The summed E-state index contributed by atoms with van der Waals surface area (Å²) in [5.41, 5.74) is 2.70. The third-order valence-corrected chi connectivity index (χ3v) is 4.33. The molecule has 0 radical (unpaired) electrons. The van der Waals surface area contributed by atoms with Gasteiger partial charge in [-0.05, 0) is 37.6 Å². The average Bonchev–Trinajstić information content (AvgIpc) is 2.83. The Morgan fingerprint density at radius 1 is 1.25 bits per heavy atom. The van der Waals surface area contributed by atoms with Gasteiger partial charge in [-0.2, -0.15) is 5.10 Å². The van der Waals surface area contributed by atoms with Crippen molar-refractivity contribution in [2.24, 2.45) is 0 Å². The molecule has 0 fully saturated rings. The molecule has 0 N–H and O–H groups in total. The number of rotatable bonds is 5. The van der Waals surface area contributed by atoms with Gasteiger partial charge in [0.2, 0.25) is 0 Å². The van der Waals surface area contributed by atoms with Crippen LogP contribution in [0.5, 0.6) is 0 Å². The van der Waals surface area contributed by atoms with Crippen LogP contribution in [0.25, 0.3) is 0 Å². The Kier molecular flexibility index (Phi) is 5.16. The minimum atomic E-state index is 0.0930. The van der Waals surface area contributed by atoms with Crippen LogP contribution in [-0.2, 0) is 19.4 Å². The van der Waals surface area contributed by atoms with E-state index in [-0.39, 0.29) is 5.78 Å². The van der Waals surface area contributed by atoms with Gasteiger partial charge in [0.05, 0.1) is 12.1 Å². The van der Waals surface area contributed by atoms with Crippen molar-refractivity contribution < 1.29 is 4.79 Å². The zero-order valence-corrected chi connectivity index (χ0v) is 14.7. The fourth-order valence-electron chi connectivity index (χ4n) is 2.07. The molecule has 0 saturated carbocycles. The number of nitrogens with zero attached hydrogens (tertiary/aromatic N) is 2. The van der Waals surface area contributed by atoms with E-state index < -0.39 is 0 Å². The van der Waals surface area contributed by atoms with Crippen LogP contribution in [0.2, 0.25) is 0 Å². The quantitative estimate of drug-likeness (QED) is 0.697. The zero-order chi connectivity index (χ0) is 14.7. The van der Waals surface area contributed by atoms with Gasteiger partial charge in [-0.25, -0.2) is 0 Å². The van der Waals surface area contributed by atoms with Gasteiger partial charge >= 0.3 is 0 Å². The molecular weight excluding hydrogens is 384 g/mol. The average molecular weight is 400 g/mol. The number of hydrogen-bond donors (Lipinski definition) is 0. The van der Waals surface area contributed by atoms with Crippen molar-refractivity contribution in [3.63, 3.8) is 0 Å². The summed E-state index contributed by atoms with van der Waals surface area (Å²) >= 11 is 6.84. The Balaban J connectivity index is 2.27. The molecule has 1 aromatic heterocycles. The fraction of sp³-hybridized carbons (Fsp3) is 0.333. The summed E-state index contributed by atoms with van der Waals surface area (Å²) in [5.74, 6) is 0.0930. The number of Topliss-reactive ketones (excluding diaryl/α,β-unsaturated/α-hetero) is 1. The Bertz CT molecular complexity index is 635. The summed E-state index contributed by atoms with van der Waals surface area (Å²) in [6, 6.07) is 7.66. The van der Waals surface area contributed by atoms with Crippen molar-refractivity contribution in [2.45, 2.75) is 33.2 Å². The standard InChI is InChI=1S/C15H16Br2N2O/c1-3-11-8-12(19(4-2)18-11)9-15(20)13-7-10(16)5-6-14(13)17/h5-8H,3-4,9H2,1-2H3. The monoisotopic (exact) mass is 398 g/mol. The number of hydrogen-bond acceptors (Lipinski definition) is 2. The van der Waals surface area contributed by atoms with Gasteiger partial charge in [-0.15, -0.1) is 0 Å². The molecule has 3 nitrogen and oxygen atoms in total. The minimum absolute atomic E-state index is 0.0930. The summed E-state index contributed by atoms with van der Waals surface area (Å²) in [6.07, 6.45) is 1.25. The molecule has 0 aliphatic heterocycles. The Hall–Kier alpha value is -0.940. The van der Waals surface area contributed by atoms with Gasteiger partial charge in [-0.1, -0.05) is 38.8 Å². The first kappa shape index (κ1) is 15.4. The highest BCUT2D eigenvalue weighted by Crippen LogP contribution is 2.23. The minimum Gasteiger partial charge on any atom is -0.294 e. The molecule has 0 amide bonds. The lowest BCUT2D eigenvalue weighted by atomic mass is 10.1. The lowest BCUT2D eigenvalue weighted by Crippen LogP contribution is -2.10. The first-order valence-corrected chi connectivity index (χ1v) is 8.17. The number of carbonyl (C=O) groups excluding carboxylic acids is 1. The van der Waals surface area contributed by atoms with Gasteiger partial charge in [-0.3, -0.25) is 9.48 Å². The molecule has 0 aliphatic carbocycles. The van der Waals surface area contributed by atoms with Crippen molar-refractivity contribution in [1.82, 2.24) is 9.78 Å². The van der Waals surface area contributed by atoms with Crippen molar-refractivity contribution in [3.05, 3.63) is 50.2 Å². The van der Waals surface area contributed by atoms with Crippen molar-refractivity contribution in [2.75, 3.05) is 0 Å². The van der Waals surface area contributed by atoms with E-state index in [2.05, 4.69) is 43.9 Å². The summed E-state index contributed by atoms with van der Waals surface area (Å²) in [5, 5.41) is 4.48. The number of aryl methyl sites for hydroxylation is 2. The topological polar surface area (TPSA) is 34.9 Å². The predicted octanol–water partition coefficient (Wildman–Crippen LogP) is 4.42. The molecule has 0 aliphatic rings. The second-order valence-corrected chi connectivity index (χ2v) is 6.29. The SMILES string of the molecule is CCc1cc(CC(=O)c2cc(Br)ccc2Br)n(CC)n1. The van der Waals surface area contributed by atoms with E-state index in [1.165, 1.54) is 0 Å². The van der Waals surface area contributed by atoms with E-state index >= 15 is 0 Å². The van der Waals surface area contributed by atoms with Gasteiger partial charge in [0, 0.05) is 26.7 Å². The van der Waals surface area contributed by atoms with E-state index in [4.69, 9.17) is 0 Å². The third-order valence-electron chi connectivity index (χ3n) is 3.15. The van der Waals surface area contributed by atoms with Gasteiger partial charge in [0.15, 0.2) is 5.78 Å². The lowest BCUT2D eigenvalue weighted by Gasteiger charge is -2.06. The van der Waals surface area contributed by atoms with Crippen LogP contribution in [0.3, 0.4) is 0 Å². The highest BCUT2D eigenvalue weighted by molar-refractivity contribution is 9.11. The van der Waals surface area contributed by atoms with Crippen molar-refractivity contribution in [3.8, 4) is 0 Å². The molecule has 1 aromatic carbocycles. The van der Waals surface area contributed by atoms with E-state index in [9.17, 15) is 4.79 Å². The second kappa shape index (κ2) is 6.68. The fourth-order valence-corrected chi connectivity index (χ4v) is 2.90. The molecule has 0 bridgehead atoms. The summed E-state index contributed by atoms with van der Waals surface area (Å²) < 4.78 is 3.63. The number of halogens is 2. The maximum Gasteiger partial charge on any atom is 0.169 e. The molecule has 0 atom stereocenters. The highest BCUT2D eigenvalue weighted by Gasteiger charge is 2.15. The molecule has 2 rings (SSSR count). The van der Waals surface area contributed by atoms with Gasteiger partial charge < -0.3 is 0 Å². The van der Waals surface area contributed by atoms with E-state index in [1.54, 1.807) is 0 Å². The molecule has 20 heavy (non-hydrogen) atoms. The predicted molar refractivity (Wildman–Crippen MR) is 87.2 cm³/mol. The number of ketones is 1. The third kappa shape index (κ3) is 3.38. The Labute approximate surface area is 135 Å². The molecule has 2 aromatic rings. The molecule has 106 valence electrons. The van der Waals surface area contributed by atoms with Gasteiger partial charge in [0.25, 0.3) is 0 Å². The molecule has 0 spiro atoms. The molecule has 0 saturated heterocycles. The van der Waals surface area contributed by atoms with E-state index in [0.29, 0.717) is 12.0 Å². The van der Waals surface area contributed by atoms with Crippen LogP contribution in [0.4, 0.5) is 0 Å². The van der Waals surface area contributed by atoms with Crippen LogP contribution < -0.4 is 0 Å². The molecule has 5 heteroatoms. The zero-order valence-electron chi connectivity index (χ0n) is 11.5. The number of benzene rings is 1. The maximum absolute atomic E-state index is 12.5. The Morgan fingerprint density at radius 3 is 2.65 bits per heavy atom. The second-order valence-electron chi connectivity index (χ2n) is 4.52. The summed E-state index contributed by atoms with van der Waals surface area (Å²) in [7, 11) is 0. The van der Waals surface area contributed by atoms with Crippen LogP contribution in [0, 0.1) is 0 Å².